The standard InChI is InChI=1S/C28H34N2O3/c1-19(24-18-25-20(2)22(4)33-28(25)21(3)27(24)32-5)17-26(31)30-15-13-29(14-16-30)12-11-23-9-7-6-8-10-23/h6-10,17-18H,11-16H2,1-5H3/b19-17+. The lowest BCUT2D eigenvalue weighted by Gasteiger charge is -2.34. The lowest BCUT2D eigenvalue weighted by atomic mass is 9.98. The van der Waals surface area contributed by atoms with E-state index in [2.05, 4.69) is 48.2 Å². The van der Waals surface area contributed by atoms with Crippen molar-refractivity contribution in [1.29, 1.82) is 0 Å². The Morgan fingerprint density at radius 1 is 1.06 bits per heavy atom. The van der Waals surface area contributed by atoms with Crippen LogP contribution in [0.15, 0.2) is 46.9 Å². The summed E-state index contributed by atoms with van der Waals surface area (Å²) in [7, 11) is 1.67. The van der Waals surface area contributed by atoms with Gasteiger partial charge in [-0.05, 0) is 56.9 Å². The molecule has 1 aliphatic rings. The molecule has 5 nitrogen and oxygen atoms in total. The number of methoxy groups -OCH3 is 1. The van der Waals surface area contributed by atoms with E-state index in [9.17, 15) is 4.79 Å². The Morgan fingerprint density at radius 3 is 2.42 bits per heavy atom. The highest BCUT2D eigenvalue weighted by Crippen LogP contribution is 2.38. The number of allylic oxidation sites excluding steroid dienone is 1. The van der Waals surface area contributed by atoms with E-state index >= 15 is 0 Å². The Hall–Kier alpha value is -3.05. The van der Waals surface area contributed by atoms with Gasteiger partial charge in [0.05, 0.1) is 7.11 Å². The number of aryl methyl sites for hydroxylation is 3. The molecule has 1 saturated heterocycles. The van der Waals surface area contributed by atoms with Crippen LogP contribution < -0.4 is 4.74 Å². The monoisotopic (exact) mass is 446 g/mol. The highest BCUT2D eigenvalue weighted by molar-refractivity contribution is 5.98. The van der Waals surface area contributed by atoms with E-state index in [1.165, 1.54) is 5.56 Å². The number of carbonyl (C=O) groups excluding carboxylic acids is 1. The van der Waals surface area contributed by atoms with Gasteiger partial charge in [-0.1, -0.05) is 30.3 Å². The molecule has 1 aromatic heterocycles. The van der Waals surface area contributed by atoms with E-state index in [0.717, 1.165) is 83.9 Å². The number of furan rings is 1. The maximum atomic E-state index is 13.1. The first-order chi connectivity index (χ1) is 15.9. The van der Waals surface area contributed by atoms with E-state index in [-0.39, 0.29) is 5.91 Å². The smallest absolute Gasteiger partial charge is 0.246 e. The normalized spacial score (nSPS) is 15.3. The van der Waals surface area contributed by atoms with E-state index in [0.29, 0.717) is 0 Å². The number of hydrogen-bond acceptors (Lipinski definition) is 4. The van der Waals surface area contributed by atoms with Crippen LogP contribution >= 0.6 is 0 Å². The first kappa shape index (κ1) is 23.1. The Bertz CT molecular complexity index is 1170. The molecule has 1 aliphatic heterocycles. The number of hydrogen-bond donors (Lipinski definition) is 0. The summed E-state index contributed by atoms with van der Waals surface area (Å²) in [4.78, 5) is 17.5. The molecular formula is C28H34N2O3. The molecule has 33 heavy (non-hydrogen) atoms. The third-order valence-electron chi connectivity index (χ3n) is 6.86. The summed E-state index contributed by atoms with van der Waals surface area (Å²) >= 11 is 0. The van der Waals surface area contributed by atoms with E-state index in [4.69, 9.17) is 9.15 Å². The second-order valence-corrected chi connectivity index (χ2v) is 8.97. The van der Waals surface area contributed by atoms with Crippen molar-refractivity contribution < 1.29 is 13.9 Å². The van der Waals surface area contributed by atoms with Crippen LogP contribution in [0.2, 0.25) is 0 Å². The zero-order chi connectivity index (χ0) is 23.5. The van der Waals surface area contributed by atoms with Gasteiger partial charge < -0.3 is 14.1 Å². The van der Waals surface area contributed by atoms with Crippen LogP contribution in [0, 0.1) is 20.8 Å². The molecule has 0 atom stereocenters. The van der Waals surface area contributed by atoms with Crippen LogP contribution in [0.5, 0.6) is 5.75 Å². The lowest BCUT2D eigenvalue weighted by molar-refractivity contribution is -0.127. The number of ether oxygens (including phenoxy) is 1. The number of piperazine rings is 1. The molecule has 0 aliphatic carbocycles. The molecule has 0 saturated carbocycles. The molecule has 0 radical (unpaired) electrons. The second kappa shape index (κ2) is 9.84. The van der Waals surface area contributed by atoms with Crippen molar-refractivity contribution in [3.05, 3.63) is 70.5 Å². The van der Waals surface area contributed by atoms with E-state index < -0.39 is 0 Å². The molecule has 0 unspecified atom stereocenters. The van der Waals surface area contributed by atoms with Crippen LogP contribution in [-0.2, 0) is 11.2 Å². The summed E-state index contributed by atoms with van der Waals surface area (Å²) in [5.41, 5.74) is 6.17. The fraction of sp³-hybridized carbons (Fsp3) is 0.393. The van der Waals surface area contributed by atoms with Crippen LogP contribution in [0.4, 0.5) is 0 Å². The number of fused-ring (bicyclic) bond motifs is 1. The molecular weight excluding hydrogens is 412 g/mol. The molecule has 3 aromatic rings. The Morgan fingerprint density at radius 2 is 1.76 bits per heavy atom. The van der Waals surface area contributed by atoms with Crippen LogP contribution in [0.3, 0.4) is 0 Å². The summed E-state index contributed by atoms with van der Waals surface area (Å²) < 4.78 is 11.7. The largest absolute Gasteiger partial charge is 0.496 e. The number of carbonyl (C=O) groups is 1. The minimum Gasteiger partial charge on any atom is -0.496 e. The van der Waals surface area contributed by atoms with Crippen LogP contribution in [-0.4, -0.2) is 55.5 Å². The number of nitrogens with zero attached hydrogens (tertiary/aromatic N) is 2. The third-order valence-corrected chi connectivity index (χ3v) is 6.86. The Balaban J connectivity index is 1.44. The summed E-state index contributed by atoms with van der Waals surface area (Å²) in [6.07, 6.45) is 2.80. The van der Waals surface area contributed by atoms with Crippen LogP contribution in [0.25, 0.3) is 16.5 Å². The fourth-order valence-corrected chi connectivity index (χ4v) is 4.65. The topological polar surface area (TPSA) is 45.9 Å². The van der Waals surface area contributed by atoms with E-state index in [1.807, 2.05) is 25.7 Å². The number of benzene rings is 2. The fourth-order valence-electron chi connectivity index (χ4n) is 4.65. The quantitative estimate of drug-likeness (QED) is 0.491. The molecule has 0 bridgehead atoms. The highest BCUT2D eigenvalue weighted by Gasteiger charge is 2.22. The Labute approximate surface area is 196 Å². The van der Waals surface area contributed by atoms with Gasteiger partial charge >= 0.3 is 0 Å². The third kappa shape index (κ3) is 4.83. The molecule has 1 amide bonds. The van der Waals surface area contributed by atoms with Gasteiger partial charge in [0, 0.05) is 55.3 Å². The van der Waals surface area contributed by atoms with Gasteiger partial charge in [-0.3, -0.25) is 9.69 Å². The molecule has 0 N–H and O–H groups in total. The van der Waals surface area contributed by atoms with Crippen molar-refractivity contribution in [2.75, 3.05) is 39.8 Å². The number of amides is 1. The molecule has 174 valence electrons. The average Bonchev–Trinajstić information content (AvgIpc) is 3.12. The van der Waals surface area contributed by atoms with Gasteiger partial charge in [0.2, 0.25) is 5.91 Å². The van der Waals surface area contributed by atoms with Crippen molar-refractivity contribution in [3.63, 3.8) is 0 Å². The summed E-state index contributed by atoms with van der Waals surface area (Å²) in [5.74, 6) is 1.74. The number of rotatable bonds is 6. The summed E-state index contributed by atoms with van der Waals surface area (Å²) in [6, 6.07) is 12.7. The Kier molecular flexibility index (Phi) is 6.89. The van der Waals surface area contributed by atoms with E-state index in [1.54, 1.807) is 13.2 Å². The van der Waals surface area contributed by atoms with Crippen molar-refractivity contribution in [3.8, 4) is 5.75 Å². The SMILES string of the molecule is COc1c(/C(C)=C/C(=O)N2CCN(CCc3ccccc3)CC2)cc2c(C)c(C)oc2c1C. The predicted molar refractivity (Wildman–Crippen MR) is 134 cm³/mol. The first-order valence-corrected chi connectivity index (χ1v) is 11.7. The molecule has 4 rings (SSSR count). The van der Waals surface area contributed by atoms with Crippen molar-refractivity contribution >= 4 is 22.4 Å². The minimum atomic E-state index is 0.0649. The van der Waals surface area contributed by atoms with Gasteiger partial charge in [-0.25, -0.2) is 0 Å². The van der Waals surface area contributed by atoms with Gasteiger partial charge in [-0.2, -0.15) is 0 Å². The molecule has 1 fully saturated rings. The maximum Gasteiger partial charge on any atom is 0.246 e. The second-order valence-electron chi connectivity index (χ2n) is 8.97. The van der Waals surface area contributed by atoms with Crippen molar-refractivity contribution in [2.24, 2.45) is 0 Å². The zero-order valence-corrected chi connectivity index (χ0v) is 20.4. The van der Waals surface area contributed by atoms with Crippen LogP contribution in [0.1, 0.15) is 34.9 Å². The van der Waals surface area contributed by atoms with Gasteiger partial charge in [0.1, 0.15) is 17.1 Å². The van der Waals surface area contributed by atoms with Gasteiger partial charge in [0.15, 0.2) is 0 Å². The summed E-state index contributed by atoms with van der Waals surface area (Å²) in [6.45, 7) is 12.4. The highest BCUT2D eigenvalue weighted by atomic mass is 16.5. The zero-order valence-electron chi connectivity index (χ0n) is 20.4. The molecule has 2 aromatic carbocycles. The van der Waals surface area contributed by atoms with Gasteiger partial charge in [-0.15, -0.1) is 0 Å². The van der Waals surface area contributed by atoms with Gasteiger partial charge in [0.25, 0.3) is 0 Å². The summed E-state index contributed by atoms with van der Waals surface area (Å²) in [5, 5.41) is 1.08. The van der Waals surface area contributed by atoms with Crippen molar-refractivity contribution in [1.82, 2.24) is 9.80 Å². The average molecular weight is 447 g/mol. The molecule has 2 heterocycles. The predicted octanol–water partition coefficient (Wildman–Crippen LogP) is 5.16. The minimum absolute atomic E-state index is 0.0649. The maximum absolute atomic E-state index is 13.1. The van der Waals surface area contributed by atoms with Crippen molar-refractivity contribution in [2.45, 2.75) is 34.1 Å². The molecule has 5 heteroatoms. The lowest BCUT2D eigenvalue weighted by Crippen LogP contribution is -2.48. The molecule has 0 spiro atoms. The first-order valence-electron chi connectivity index (χ1n) is 11.7.